The van der Waals surface area contributed by atoms with Crippen molar-refractivity contribution in [1.82, 2.24) is 14.9 Å². The van der Waals surface area contributed by atoms with Gasteiger partial charge in [-0.25, -0.2) is 4.98 Å². The lowest BCUT2D eigenvalue weighted by Crippen LogP contribution is -2.51. The Balaban J connectivity index is 1.39. The average Bonchev–Trinajstić information content (AvgIpc) is 3.22. The Morgan fingerprint density at radius 1 is 1.48 bits per heavy atom. The maximum atomic E-state index is 6.11. The highest BCUT2D eigenvalue weighted by atomic mass is 32.1. The molecule has 6 heteroatoms. The molecule has 2 aliphatic rings. The first-order valence-electron chi connectivity index (χ1n) is 8.95. The van der Waals surface area contributed by atoms with Crippen molar-refractivity contribution in [2.75, 3.05) is 26.3 Å². The molecule has 0 amide bonds. The van der Waals surface area contributed by atoms with E-state index in [2.05, 4.69) is 27.9 Å². The van der Waals surface area contributed by atoms with Gasteiger partial charge >= 0.3 is 0 Å². The van der Waals surface area contributed by atoms with Crippen LogP contribution in [0.5, 0.6) is 0 Å². The van der Waals surface area contributed by atoms with Gasteiger partial charge in [0.05, 0.1) is 30.5 Å². The molecule has 5 nitrogen and oxygen atoms in total. The summed E-state index contributed by atoms with van der Waals surface area (Å²) in [5, 5.41) is 0. The van der Waals surface area contributed by atoms with Crippen LogP contribution in [-0.4, -0.2) is 47.3 Å². The van der Waals surface area contributed by atoms with Crippen molar-refractivity contribution >= 4 is 11.3 Å². The van der Waals surface area contributed by atoms with Crippen LogP contribution < -0.4 is 0 Å². The number of nitrogens with zero attached hydrogens (tertiary/aromatic N) is 3. The van der Waals surface area contributed by atoms with Crippen molar-refractivity contribution in [3.05, 3.63) is 46.2 Å². The normalized spacial score (nSPS) is 26.7. The number of fused-ring (bicyclic) bond motifs is 1. The van der Waals surface area contributed by atoms with Crippen molar-refractivity contribution < 1.29 is 9.47 Å². The Morgan fingerprint density at radius 3 is 3.24 bits per heavy atom. The van der Waals surface area contributed by atoms with Gasteiger partial charge in [-0.2, -0.15) is 0 Å². The molecule has 0 radical (unpaired) electrons. The fourth-order valence-corrected chi connectivity index (χ4v) is 4.84. The summed E-state index contributed by atoms with van der Waals surface area (Å²) in [4.78, 5) is 12.5. The van der Waals surface area contributed by atoms with Crippen LogP contribution in [0, 0.1) is 12.3 Å². The van der Waals surface area contributed by atoms with E-state index in [0.717, 1.165) is 56.9 Å². The Labute approximate surface area is 153 Å². The Bertz CT molecular complexity index is 693. The van der Waals surface area contributed by atoms with Crippen LogP contribution in [0.25, 0.3) is 0 Å². The minimum absolute atomic E-state index is 0.124. The van der Waals surface area contributed by atoms with Crippen LogP contribution in [0.15, 0.2) is 30.0 Å². The van der Waals surface area contributed by atoms with Gasteiger partial charge in [-0.1, -0.05) is 6.07 Å². The molecular weight excluding hydrogens is 334 g/mol. The van der Waals surface area contributed by atoms with Gasteiger partial charge in [0.15, 0.2) is 0 Å². The molecule has 0 aromatic carbocycles. The van der Waals surface area contributed by atoms with Gasteiger partial charge in [-0.15, -0.1) is 11.3 Å². The van der Waals surface area contributed by atoms with Crippen molar-refractivity contribution in [1.29, 1.82) is 0 Å². The molecule has 2 aliphatic heterocycles. The van der Waals surface area contributed by atoms with E-state index in [1.54, 1.807) is 17.5 Å². The smallest absolute Gasteiger partial charge is 0.0798 e. The number of aromatic nitrogens is 2. The van der Waals surface area contributed by atoms with Crippen molar-refractivity contribution in [2.45, 2.75) is 39.0 Å². The van der Waals surface area contributed by atoms with E-state index in [4.69, 9.17) is 9.47 Å². The fraction of sp³-hybridized carbons (Fsp3) is 0.579. The molecule has 0 N–H and O–H groups in total. The van der Waals surface area contributed by atoms with E-state index in [0.29, 0.717) is 12.7 Å². The molecule has 2 atom stereocenters. The van der Waals surface area contributed by atoms with Crippen molar-refractivity contribution in [2.24, 2.45) is 5.41 Å². The van der Waals surface area contributed by atoms with E-state index >= 15 is 0 Å². The second-order valence-corrected chi connectivity index (χ2v) is 8.13. The van der Waals surface area contributed by atoms with Crippen LogP contribution in [0.3, 0.4) is 0 Å². The second kappa shape index (κ2) is 7.50. The summed E-state index contributed by atoms with van der Waals surface area (Å²) >= 11 is 1.76. The molecular formula is C19H25N3O2S. The third-order valence-electron chi connectivity index (χ3n) is 5.44. The second-order valence-electron chi connectivity index (χ2n) is 7.19. The maximum absolute atomic E-state index is 6.11. The summed E-state index contributed by atoms with van der Waals surface area (Å²) in [5.41, 5.74) is 4.36. The summed E-state index contributed by atoms with van der Waals surface area (Å²) in [6, 6.07) is 4.02. The van der Waals surface area contributed by atoms with E-state index < -0.39 is 0 Å². The highest BCUT2D eigenvalue weighted by Gasteiger charge is 2.48. The predicted molar refractivity (Wildman–Crippen MR) is 97.4 cm³/mol. The monoisotopic (exact) mass is 359 g/mol. The lowest BCUT2D eigenvalue weighted by Gasteiger charge is -2.43. The van der Waals surface area contributed by atoms with E-state index in [1.165, 1.54) is 4.88 Å². The molecule has 4 heterocycles. The van der Waals surface area contributed by atoms with Crippen molar-refractivity contribution in [3.63, 3.8) is 0 Å². The molecule has 0 saturated carbocycles. The van der Waals surface area contributed by atoms with Gasteiger partial charge in [0.1, 0.15) is 0 Å². The molecule has 134 valence electrons. The number of hydrogen-bond acceptors (Lipinski definition) is 6. The van der Waals surface area contributed by atoms with E-state index in [-0.39, 0.29) is 5.41 Å². The lowest BCUT2D eigenvalue weighted by atomic mass is 9.77. The first-order valence-corrected chi connectivity index (χ1v) is 9.83. The fourth-order valence-electron chi connectivity index (χ4n) is 4.02. The number of ether oxygens (including phenoxy) is 2. The number of pyridine rings is 1. The number of hydrogen-bond donors (Lipinski definition) is 0. The zero-order valence-electron chi connectivity index (χ0n) is 14.7. The molecule has 25 heavy (non-hydrogen) atoms. The molecule has 0 spiro atoms. The number of aryl methyl sites for hydroxylation is 1. The van der Waals surface area contributed by atoms with Crippen LogP contribution >= 0.6 is 11.3 Å². The molecule has 0 unspecified atom stereocenters. The molecule has 2 fully saturated rings. The highest BCUT2D eigenvalue weighted by molar-refractivity contribution is 7.09. The Hall–Kier alpha value is -1.34. The topological polar surface area (TPSA) is 47.5 Å². The lowest BCUT2D eigenvalue weighted by molar-refractivity contribution is -0.0684. The van der Waals surface area contributed by atoms with Crippen LogP contribution in [0.4, 0.5) is 0 Å². The van der Waals surface area contributed by atoms with Gasteiger partial charge in [0, 0.05) is 48.9 Å². The first-order chi connectivity index (χ1) is 12.3. The third-order valence-corrected chi connectivity index (χ3v) is 6.36. The van der Waals surface area contributed by atoms with Gasteiger partial charge in [0.2, 0.25) is 0 Å². The zero-order valence-corrected chi connectivity index (χ0v) is 15.5. The minimum atomic E-state index is 0.124. The average molecular weight is 359 g/mol. The number of rotatable bonds is 6. The van der Waals surface area contributed by atoms with Gasteiger partial charge < -0.3 is 9.47 Å². The summed E-state index contributed by atoms with van der Waals surface area (Å²) in [5.74, 6) is 0. The number of likely N-dealkylation sites (tertiary alicyclic amines) is 1. The summed E-state index contributed by atoms with van der Waals surface area (Å²) in [6.45, 7) is 7.46. The standard InChI is InChI=1S/C19H25N3O2S/c1-15-17(25-14-21-15)10-22-7-4-18-19(12-22,5-8-24-18)13-23-11-16-3-2-6-20-9-16/h2-3,6,9,14,18H,4-5,7-8,10-13H2,1H3/t18-,19+/m0/s1. The van der Waals surface area contributed by atoms with Crippen LogP contribution in [-0.2, 0) is 22.6 Å². The molecule has 0 bridgehead atoms. The SMILES string of the molecule is Cc1ncsc1CN1CC[C@@H]2OCC[C@]2(COCc2cccnc2)C1. The van der Waals surface area contributed by atoms with Gasteiger partial charge in [-0.05, 0) is 31.4 Å². The molecule has 2 aromatic heterocycles. The van der Waals surface area contributed by atoms with Gasteiger partial charge in [-0.3, -0.25) is 9.88 Å². The van der Waals surface area contributed by atoms with E-state index in [1.807, 2.05) is 17.8 Å². The summed E-state index contributed by atoms with van der Waals surface area (Å²) < 4.78 is 12.2. The quantitative estimate of drug-likeness (QED) is 0.793. The zero-order chi connectivity index (χ0) is 17.1. The highest BCUT2D eigenvalue weighted by Crippen LogP contribution is 2.41. The maximum Gasteiger partial charge on any atom is 0.0798 e. The summed E-state index contributed by atoms with van der Waals surface area (Å²) in [6.07, 6.45) is 6.18. The minimum Gasteiger partial charge on any atom is -0.377 e. The summed E-state index contributed by atoms with van der Waals surface area (Å²) in [7, 11) is 0. The molecule has 2 aromatic rings. The predicted octanol–water partition coefficient (Wildman–Crippen LogP) is 3.04. The Morgan fingerprint density at radius 2 is 2.44 bits per heavy atom. The molecule has 4 rings (SSSR count). The third kappa shape index (κ3) is 3.77. The van der Waals surface area contributed by atoms with Crippen LogP contribution in [0.1, 0.15) is 29.0 Å². The molecule has 2 saturated heterocycles. The largest absolute Gasteiger partial charge is 0.377 e. The Kier molecular flexibility index (Phi) is 5.12. The van der Waals surface area contributed by atoms with Crippen molar-refractivity contribution in [3.8, 4) is 0 Å². The van der Waals surface area contributed by atoms with Crippen LogP contribution in [0.2, 0.25) is 0 Å². The van der Waals surface area contributed by atoms with E-state index in [9.17, 15) is 0 Å². The number of thiazole rings is 1. The number of piperidine rings is 1. The van der Waals surface area contributed by atoms with Gasteiger partial charge in [0.25, 0.3) is 0 Å². The first kappa shape index (κ1) is 17.1. The molecule has 0 aliphatic carbocycles.